The minimum atomic E-state index is -0.417. The van der Waals surface area contributed by atoms with Gasteiger partial charge >= 0.3 is 0 Å². The van der Waals surface area contributed by atoms with Gasteiger partial charge in [0.05, 0.1) is 20.3 Å². The van der Waals surface area contributed by atoms with Crippen LogP contribution >= 0.6 is 11.3 Å². The molecule has 3 aromatic rings. The molecule has 2 aliphatic rings. The first-order chi connectivity index (χ1) is 18.5. The lowest BCUT2D eigenvalue weighted by Gasteiger charge is -2.44. The van der Waals surface area contributed by atoms with Crippen molar-refractivity contribution in [1.82, 2.24) is 10.6 Å². The Morgan fingerprint density at radius 3 is 2.53 bits per heavy atom. The second-order valence-corrected chi connectivity index (χ2v) is 10.7. The van der Waals surface area contributed by atoms with Crippen LogP contribution in [-0.2, 0) is 4.79 Å². The summed E-state index contributed by atoms with van der Waals surface area (Å²) in [7, 11) is 3.05. The average molecular weight is 533 g/mol. The van der Waals surface area contributed by atoms with Crippen molar-refractivity contribution in [2.45, 2.75) is 50.2 Å². The number of benzene rings is 2. The van der Waals surface area contributed by atoms with Crippen molar-refractivity contribution in [2.24, 2.45) is 0 Å². The summed E-state index contributed by atoms with van der Waals surface area (Å²) in [6.07, 6.45) is 7.80. The van der Waals surface area contributed by atoms with Crippen molar-refractivity contribution in [3.63, 3.8) is 0 Å². The molecule has 38 heavy (non-hydrogen) atoms. The lowest BCUT2D eigenvalue weighted by atomic mass is 9.77. The highest BCUT2D eigenvalue weighted by Gasteiger charge is 2.42. The fraction of sp³-hybridized carbons (Fsp3) is 0.333. The van der Waals surface area contributed by atoms with Gasteiger partial charge in [-0.15, -0.1) is 11.3 Å². The largest absolute Gasteiger partial charge is 0.493 e. The molecule has 1 aromatic heterocycles. The average Bonchev–Trinajstić information content (AvgIpc) is 3.45. The Hall–Kier alpha value is -3.78. The third-order valence-electron chi connectivity index (χ3n) is 7.24. The van der Waals surface area contributed by atoms with E-state index < -0.39 is 5.91 Å². The van der Waals surface area contributed by atoms with Gasteiger partial charge in [-0.25, -0.2) is 0 Å². The highest BCUT2D eigenvalue weighted by Crippen LogP contribution is 2.46. The first-order valence-corrected chi connectivity index (χ1v) is 13.8. The standard InChI is InChI=1S/C30H32N2O5S/c1-35-26-13-12-20(17-27(26)36-2)28(33)31-23(18-21-9-8-16-38-21)29(34)32-24-19-30(14-6-3-7-15-30)37-25-11-5-4-10-22(24)25/h4-5,8-13,16-18,24H,3,6-7,14-15,19H2,1-2H3,(H,31,33)(H,32,34)/b23-18-/t24-/m0/s1. The topological polar surface area (TPSA) is 85.9 Å². The maximum absolute atomic E-state index is 13.7. The van der Waals surface area contributed by atoms with Crippen LogP contribution in [0.4, 0.5) is 0 Å². The molecule has 1 spiro atoms. The van der Waals surface area contributed by atoms with E-state index in [0.29, 0.717) is 23.5 Å². The molecule has 2 amide bonds. The van der Waals surface area contributed by atoms with Crippen molar-refractivity contribution in [1.29, 1.82) is 0 Å². The molecule has 2 aromatic carbocycles. The van der Waals surface area contributed by atoms with Crippen molar-refractivity contribution >= 4 is 29.2 Å². The fourth-order valence-corrected chi connectivity index (χ4v) is 5.99. The van der Waals surface area contributed by atoms with E-state index in [2.05, 4.69) is 10.6 Å². The minimum absolute atomic E-state index is 0.175. The Bertz CT molecular complexity index is 1330. The van der Waals surface area contributed by atoms with Crippen molar-refractivity contribution in [3.8, 4) is 17.2 Å². The number of fused-ring (bicyclic) bond motifs is 1. The molecule has 198 valence electrons. The van der Waals surface area contributed by atoms with E-state index in [0.717, 1.165) is 41.9 Å². The van der Waals surface area contributed by atoms with Gasteiger partial charge in [0.1, 0.15) is 17.0 Å². The van der Waals surface area contributed by atoms with Gasteiger partial charge in [-0.2, -0.15) is 0 Å². The van der Waals surface area contributed by atoms with Crippen molar-refractivity contribution in [2.75, 3.05) is 14.2 Å². The van der Waals surface area contributed by atoms with Crippen LogP contribution in [0.25, 0.3) is 6.08 Å². The monoisotopic (exact) mass is 532 g/mol. The molecule has 0 unspecified atom stereocenters. The Balaban J connectivity index is 1.41. The summed E-state index contributed by atoms with van der Waals surface area (Å²) in [5.74, 6) is 1.01. The van der Waals surface area contributed by atoms with Crippen molar-refractivity contribution < 1.29 is 23.8 Å². The molecular formula is C30H32N2O5S. The van der Waals surface area contributed by atoms with Gasteiger partial charge in [0.15, 0.2) is 11.5 Å². The highest BCUT2D eigenvalue weighted by atomic mass is 32.1. The van der Waals surface area contributed by atoms with Gasteiger partial charge in [-0.1, -0.05) is 30.7 Å². The van der Waals surface area contributed by atoms with E-state index in [-0.39, 0.29) is 23.2 Å². The maximum atomic E-state index is 13.7. The Morgan fingerprint density at radius 2 is 1.79 bits per heavy atom. The molecule has 0 radical (unpaired) electrons. The maximum Gasteiger partial charge on any atom is 0.268 e. The van der Waals surface area contributed by atoms with E-state index in [9.17, 15) is 9.59 Å². The molecule has 1 fully saturated rings. The van der Waals surface area contributed by atoms with Gasteiger partial charge in [0.2, 0.25) is 0 Å². The number of methoxy groups -OCH3 is 2. The lowest BCUT2D eigenvalue weighted by molar-refractivity contribution is -0.119. The summed E-state index contributed by atoms with van der Waals surface area (Å²) in [5, 5.41) is 7.98. The highest BCUT2D eigenvalue weighted by molar-refractivity contribution is 7.10. The van der Waals surface area contributed by atoms with Crippen LogP contribution in [0, 0.1) is 0 Å². The molecule has 7 nitrogen and oxygen atoms in total. The summed E-state index contributed by atoms with van der Waals surface area (Å²) in [6, 6.07) is 16.4. The minimum Gasteiger partial charge on any atom is -0.493 e. The lowest BCUT2D eigenvalue weighted by Crippen LogP contribution is -2.47. The molecule has 0 bridgehead atoms. The number of hydrogen-bond acceptors (Lipinski definition) is 6. The molecule has 2 heterocycles. The molecule has 1 aliphatic carbocycles. The van der Waals surface area contributed by atoms with E-state index in [4.69, 9.17) is 14.2 Å². The van der Waals surface area contributed by atoms with E-state index in [1.165, 1.54) is 32.0 Å². The zero-order chi connectivity index (χ0) is 26.5. The normalized spacial score (nSPS) is 18.2. The first-order valence-electron chi connectivity index (χ1n) is 12.9. The quantitative estimate of drug-likeness (QED) is 0.371. The molecule has 8 heteroatoms. The molecular weight excluding hydrogens is 500 g/mol. The number of ether oxygens (including phenoxy) is 3. The van der Waals surface area contributed by atoms with Crippen LogP contribution in [0.2, 0.25) is 0 Å². The Labute approximate surface area is 226 Å². The summed E-state index contributed by atoms with van der Waals surface area (Å²) < 4.78 is 17.1. The summed E-state index contributed by atoms with van der Waals surface area (Å²) in [4.78, 5) is 27.8. The van der Waals surface area contributed by atoms with E-state index in [1.807, 2.05) is 41.8 Å². The zero-order valence-corrected chi connectivity index (χ0v) is 22.4. The second-order valence-electron chi connectivity index (χ2n) is 9.71. The third-order valence-corrected chi connectivity index (χ3v) is 8.05. The predicted molar refractivity (Wildman–Crippen MR) is 148 cm³/mol. The van der Waals surface area contributed by atoms with Crippen LogP contribution in [-0.4, -0.2) is 31.6 Å². The summed E-state index contributed by atoms with van der Waals surface area (Å²) in [5.41, 5.74) is 1.21. The van der Waals surface area contributed by atoms with Crippen LogP contribution in [0.1, 0.15) is 65.4 Å². The van der Waals surface area contributed by atoms with Gasteiger partial charge < -0.3 is 24.8 Å². The number of thiophene rings is 1. The Kier molecular flexibility index (Phi) is 7.69. The zero-order valence-electron chi connectivity index (χ0n) is 21.6. The smallest absolute Gasteiger partial charge is 0.268 e. The van der Waals surface area contributed by atoms with Crippen LogP contribution in [0.3, 0.4) is 0 Å². The number of carbonyl (C=O) groups excluding carboxylic acids is 2. The fourth-order valence-electron chi connectivity index (χ4n) is 5.33. The Morgan fingerprint density at radius 1 is 1.00 bits per heavy atom. The number of para-hydroxylation sites is 1. The first kappa shape index (κ1) is 25.9. The number of carbonyl (C=O) groups is 2. The number of amides is 2. The van der Waals surface area contributed by atoms with Gasteiger partial charge in [-0.3, -0.25) is 9.59 Å². The predicted octanol–water partition coefficient (Wildman–Crippen LogP) is 5.88. The SMILES string of the molecule is COc1ccc(C(=O)N/C(=C\c2cccs2)C(=O)N[C@H]2CC3(CCCCC3)Oc3ccccc32)cc1OC. The van der Waals surface area contributed by atoms with E-state index in [1.54, 1.807) is 24.3 Å². The second kappa shape index (κ2) is 11.3. The number of nitrogens with one attached hydrogen (secondary N) is 2. The summed E-state index contributed by atoms with van der Waals surface area (Å²) in [6.45, 7) is 0. The molecule has 1 atom stereocenters. The summed E-state index contributed by atoms with van der Waals surface area (Å²) >= 11 is 1.49. The van der Waals surface area contributed by atoms with Crippen LogP contribution in [0.15, 0.2) is 65.7 Å². The van der Waals surface area contributed by atoms with Crippen molar-refractivity contribution in [3.05, 3.63) is 81.7 Å². The van der Waals surface area contributed by atoms with Crippen LogP contribution in [0.5, 0.6) is 17.2 Å². The molecule has 2 N–H and O–H groups in total. The van der Waals surface area contributed by atoms with Crippen LogP contribution < -0.4 is 24.8 Å². The molecule has 5 rings (SSSR count). The van der Waals surface area contributed by atoms with E-state index >= 15 is 0 Å². The number of hydrogen-bond donors (Lipinski definition) is 2. The van der Waals surface area contributed by atoms with Gasteiger partial charge in [0.25, 0.3) is 11.8 Å². The molecule has 1 aliphatic heterocycles. The molecule has 0 saturated heterocycles. The molecule has 1 saturated carbocycles. The number of rotatable bonds is 7. The van der Waals surface area contributed by atoms with Gasteiger partial charge in [0, 0.05) is 22.4 Å². The van der Waals surface area contributed by atoms with Gasteiger partial charge in [-0.05, 0) is 67.5 Å². The third kappa shape index (κ3) is 5.55.